The number of para-hydroxylation sites is 1. The monoisotopic (exact) mass is 186 g/mol. The lowest BCUT2D eigenvalue weighted by Gasteiger charge is -2.10. The Morgan fingerprint density at radius 2 is 2.07 bits per heavy atom. The molecule has 70 valence electrons. The van der Waals surface area contributed by atoms with Gasteiger partial charge in [0.1, 0.15) is 5.75 Å². The molecular formula is C11H10N2O. The largest absolute Gasteiger partial charge is 0.496 e. The summed E-state index contributed by atoms with van der Waals surface area (Å²) >= 11 is 0. The second-order valence-corrected chi connectivity index (χ2v) is 2.79. The first-order valence-electron chi connectivity index (χ1n) is 4.23. The average Bonchev–Trinajstić information content (AvgIpc) is 2.26. The number of hydrogen-bond acceptors (Lipinski definition) is 3. The third-order valence-corrected chi connectivity index (χ3v) is 1.97. The molecule has 1 atom stereocenters. The predicted octanol–water partition coefficient (Wildman–Crippen LogP) is 2.22. The van der Waals surface area contributed by atoms with Gasteiger partial charge in [0, 0.05) is 5.56 Å². The number of hydrogen-bond donors (Lipinski definition) is 0. The maximum Gasteiger partial charge on any atom is 0.123 e. The first-order valence-corrected chi connectivity index (χ1v) is 4.23. The van der Waals surface area contributed by atoms with Gasteiger partial charge >= 0.3 is 0 Å². The van der Waals surface area contributed by atoms with Gasteiger partial charge in [-0.1, -0.05) is 18.2 Å². The quantitative estimate of drug-likeness (QED) is 0.727. The first kappa shape index (κ1) is 10.1. The normalized spacial score (nSPS) is 11.1. The van der Waals surface area contributed by atoms with Gasteiger partial charge in [-0.15, -0.1) is 0 Å². The van der Waals surface area contributed by atoms with Crippen molar-refractivity contribution >= 4 is 0 Å². The fraction of sp³-hybridized carbons (Fsp3) is 0.273. The van der Waals surface area contributed by atoms with E-state index in [1.54, 1.807) is 13.2 Å². The molecule has 0 N–H and O–H groups in total. The molecule has 0 fully saturated rings. The third kappa shape index (κ3) is 2.02. The molecule has 1 unspecified atom stereocenters. The number of benzene rings is 1. The minimum absolute atomic E-state index is 0.191. The van der Waals surface area contributed by atoms with Crippen LogP contribution in [0.2, 0.25) is 0 Å². The summed E-state index contributed by atoms with van der Waals surface area (Å²) in [6.45, 7) is 0. The van der Waals surface area contributed by atoms with Crippen LogP contribution in [-0.2, 0) is 0 Å². The Balaban J connectivity index is 3.05. The van der Waals surface area contributed by atoms with Crippen molar-refractivity contribution in [2.45, 2.75) is 12.3 Å². The molecule has 0 amide bonds. The van der Waals surface area contributed by atoms with E-state index in [0.717, 1.165) is 5.56 Å². The highest BCUT2D eigenvalue weighted by Crippen LogP contribution is 2.27. The van der Waals surface area contributed by atoms with Gasteiger partial charge in [0.2, 0.25) is 0 Å². The minimum atomic E-state index is -0.406. The van der Waals surface area contributed by atoms with Gasteiger partial charge in [0.25, 0.3) is 0 Å². The SMILES string of the molecule is COc1ccccc1C(C#N)CC#N. The van der Waals surface area contributed by atoms with Crippen molar-refractivity contribution in [1.29, 1.82) is 10.5 Å². The number of ether oxygens (including phenoxy) is 1. The van der Waals surface area contributed by atoms with Gasteiger partial charge in [-0.3, -0.25) is 0 Å². The summed E-state index contributed by atoms with van der Waals surface area (Å²) in [5.41, 5.74) is 0.777. The molecule has 0 aliphatic heterocycles. The molecule has 14 heavy (non-hydrogen) atoms. The molecule has 3 nitrogen and oxygen atoms in total. The Morgan fingerprint density at radius 1 is 1.36 bits per heavy atom. The van der Waals surface area contributed by atoms with Crippen LogP contribution in [0.5, 0.6) is 5.75 Å². The Kier molecular flexibility index (Phi) is 3.52. The maximum absolute atomic E-state index is 8.87. The summed E-state index contributed by atoms with van der Waals surface area (Å²) in [6, 6.07) is 11.3. The van der Waals surface area contributed by atoms with E-state index in [4.69, 9.17) is 15.3 Å². The zero-order chi connectivity index (χ0) is 10.4. The summed E-state index contributed by atoms with van der Waals surface area (Å²) in [7, 11) is 1.56. The van der Waals surface area contributed by atoms with Crippen LogP contribution in [0.25, 0.3) is 0 Å². The van der Waals surface area contributed by atoms with E-state index >= 15 is 0 Å². The lowest BCUT2D eigenvalue weighted by molar-refractivity contribution is 0.408. The van der Waals surface area contributed by atoms with Gasteiger partial charge in [-0.2, -0.15) is 10.5 Å². The van der Waals surface area contributed by atoms with Gasteiger partial charge in [-0.05, 0) is 6.07 Å². The van der Waals surface area contributed by atoms with Crippen LogP contribution in [-0.4, -0.2) is 7.11 Å². The number of nitriles is 2. The molecule has 0 bridgehead atoms. The van der Waals surface area contributed by atoms with E-state index < -0.39 is 5.92 Å². The molecule has 0 aliphatic carbocycles. The van der Waals surface area contributed by atoms with Gasteiger partial charge in [0.05, 0.1) is 31.6 Å². The zero-order valence-corrected chi connectivity index (χ0v) is 7.90. The molecule has 1 aromatic carbocycles. The summed E-state index contributed by atoms with van der Waals surface area (Å²) in [4.78, 5) is 0. The predicted molar refractivity (Wildman–Crippen MR) is 51.6 cm³/mol. The lowest BCUT2D eigenvalue weighted by Crippen LogP contribution is -1.98. The van der Waals surface area contributed by atoms with Gasteiger partial charge in [-0.25, -0.2) is 0 Å². The Hall–Kier alpha value is -2.00. The van der Waals surface area contributed by atoms with Gasteiger partial charge in [0.15, 0.2) is 0 Å². The first-order chi connectivity index (χ1) is 6.83. The molecule has 0 heterocycles. The van der Waals surface area contributed by atoms with E-state index in [0.29, 0.717) is 5.75 Å². The molecule has 1 aromatic rings. The summed E-state index contributed by atoms with van der Waals surface area (Å²) in [5.74, 6) is 0.255. The van der Waals surface area contributed by atoms with Crippen molar-refractivity contribution in [3.8, 4) is 17.9 Å². The number of methoxy groups -OCH3 is 1. The molecule has 0 saturated carbocycles. The minimum Gasteiger partial charge on any atom is -0.496 e. The second-order valence-electron chi connectivity index (χ2n) is 2.79. The molecular weight excluding hydrogens is 176 g/mol. The molecule has 0 saturated heterocycles. The van der Waals surface area contributed by atoms with Crippen LogP contribution in [0.1, 0.15) is 17.9 Å². The zero-order valence-electron chi connectivity index (χ0n) is 7.90. The van der Waals surface area contributed by atoms with Crippen LogP contribution in [0, 0.1) is 22.7 Å². The molecule has 0 spiro atoms. The Labute approximate surface area is 83.2 Å². The Morgan fingerprint density at radius 3 is 2.64 bits per heavy atom. The van der Waals surface area contributed by atoms with E-state index in [1.807, 2.05) is 24.3 Å². The maximum atomic E-state index is 8.87. The van der Waals surface area contributed by atoms with E-state index in [-0.39, 0.29) is 6.42 Å². The lowest BCUT2D eigenvalue weighted by atomic mass is 9.97. The topological polar surface area (TPSA) is 56.8 Å². The smallest absolute Gasteiger partial charge is 0.123 e. The highest BCUT2D eigenvalue weighted by molar-refractivity contribution is 5.39. The van der Waals surface area contributed by atoms with Crippen molar-refractivity contribution in [3.63, 3.8) is 0 Å². The molecule has 0 aliphatic rings. The van der Waals surface area contributed by atoms with Crippen LogP contribution in [0.15, 0.2) is 24.3 Å². The fourth-order valence-electron chi connectivity index (χ4n) is 1.27. The summed E-state index contributed by atoms with van der Waals surface area (Å²) < 4.78 is 5.11. The van der Waals surface area contributed by atoms with Crippen molar-refractivity contribution in [3.05, 3.63) is 29.8 Å². The van der Waals surface area contributed by atoms with Crippen LogP contribution < -0.4 is 4.74 Å². The molecule has 1 rings (SSSR count). The third-order valence-electron chi connectivity index (χ3n) is 1.97. The van der Waals surface area contributed by atoms with E-state index in [2.05, 4.69) is 6.07 Å². The highest BCUT2D eigenvalue weighted by Gasteiger charge is 2.14. The van der Waals surface area contributed by atoms with Crippen LogP contribution >= 0.6 is 0 Å². The summed E-state index contributed by atoms with van der Waals surface area (Å²) in [6.07, 6.45) is 0.191. The van der Waals surface area contributed by atoms with Crippen molar-refractivity contribution in [2.24, 2.45) is 0 Å². The number of rotatable bonds is 3. The van der Waals surface area contributed by atoms with Crippen molar-refractivity contribution in [1.82, 2.24) is 0 Å². The average molecular weight is 186 g/mol. The van der Waals surface area contributed by atoms with Crippen LogP contribution in [0.3, 0.4) is 0 Å². The van der Waals surface area contributed by atoms with Crippen molar-refractivity contribution < 1.29 is 4.74 Å². The Bertz CT molecular complexity index is 387. The molecule has 0 radical (unpaired) electrons. The van der Waals surface area contributed by atoms with E-state index in [9.17, 15) is 0 Å². The van der Waals surface area contributed by atoms with Crippen LogP contribution in [0.4, 0.5) is 0 Å². The van der Waals surface area contributed by atoms with Gasteiger partial charge < -0.3 is 4.74 Å². The summed E-state index contributed by atoms with van der Waals surface area (Å²) in [5, 5.41) is 17.4. The number of nitrogens with zero attached hydrogens (tertiary/aromatic N) is 2. The second kappa shape index (κ2) is 4.89. The standard InChI is InChI=1S/C11H10N2O/c1-14-11-5-3-2-4-10(11)9(8-13)6-7-12/h2-5,9H,6H2,1H3. The highest BCUT2D eigenvalue weighted by atomic mass is 16.5. The van der Waals surface area contributed by atoms with Crippen molar-refractivity contribution in [2.75, 3.05) is 7.11 Å². The molecule has 0 aromatic heterocycles. The molecule has 3 heteroatoms. The fourth-order valence-corrected chi connectivity index (χ4v) is 1.27. The van der Waals surface area contributed by atoms with E-state index in [1.165, 1.54) is 0 Å².